The number of esters is 1. The Morgan fingerprint density at radius 3 is 2.32 bits per heavy atom. The fourth-order valence-electron chi connectivity index (χ4n) is 1.74. The molecule has 2 aromatic rings. The summed E-state index contributed by atoms with van der Waals surface area (Å²) in [4.78, 5) is 11.9. The average molecular weight is 364 g/mol. The number of halogens is 1. The van der Waals surface area contributed by atoms with Crippen LogP contribution in [0, 0.1) is 3.57 Å². The molecule has 2 rings (SSSR count). The standard InChI is InChI=1S/C16H13IO2/c1-19-16(18)14(12-7-3-2-4-8-12)11-13-9-5-6-10-15(13)17/h2-11H,1H3/b14-11-. The minimum Gasteiger partial charge on any atom is -0.465 e. The van der Waals surface area contributed by atoms with E-state index in [1.54, 1.807) is 0 Å². The van der Waals surface area contributed by atoms with Crippen molar-refractivity contribution in [1.29, 1.82) is 0 Å². The summed E-state index contributed by atoms with van der Waals surface area (Å²) >= 11 is 2.25. The normalized spacial score (nSPS) is 11.2. The lowest BCUT2D eigenvalue weighted by Gasteiger charge is -2.06. The van der Waals surface area contributed by atoms with Crippen LogP contribution in [0.15, 0.2) is 54.6 Å². The molecule has 0 saturated heterocycles. The molecule has 2 aromatic carbocycles. The van der Waals surface area contributed by atoms with Gasteiger partial charge < -0.3 is 4.74 Å². The molecule has 0 amide bonds. The fraction of sp³-hybridized carbons (Fsp3) is 0.0625. The van der Waals surface area contributed by atoms with Crippen LogP contribution in [0.5, 0.6) is 0 Å². The Balaban J connectivity index is 2.51. The Morgan fingerprint density at radius 2 is 1.68 bits per heavy atom. The molecule has 19 heavy (non-hydrogen) atoms. The quantitative estimate of drug-likeness (QED) is 0.356. The van der Waals surface area contributed by atoms with Gasteiger partial charge in [0, 0.05) is 3.57 Å². The van der Waals surface area contributed by atoms with Gasteiger partial charge in [-0.15, -0.1) is 0 Å². The van der Waals surface area contributed by atoms with E-state index >= 15 is 0 Å². The number of ether oxygens (including phenoxy) is 1. The van der Waals surface area contributed by atoms with Gasteiger partial charge >= 0.3 is 5.97 Å². The summed E-state index contributed by atoms with van der Waals surface area (Å²) in [5.74, 6) is -0.328. The van der Waals surface area contributed by atoms with Gasteiger partial charge in [0.1, 0.15) is 0 Å². The van der Waals surface area contributed by atoms with Gasteiger partial charge in [-0.2, -0.15) is 0 Å². The van der Waals surface area contributed by atoms with E-state index in [0.717, 1.165) is 14.7 Å². The highest BCUT2D eigenvalue weighted by Crippen LogP contribution is 2.22. The first-order chi connectivity index (χ1) is 9.22. The Labute approximate surface area is 126 Å². The van der Waals surface area contributed by atoms with Crippen molar-refractivity contribution >= 4 is 40.2 Å². The van der Waals surface area contributed by atoms with E-state index in [1.165, 1.54) is 7.11 Å². The summed E-state index contributed by atoms with van der Waals surface area (Å²) < 4.78 is 5.96. The zero-order valence-corrected chi connectivity index (χ0v) is 12.6. The zero-order chi connectivity index (χ0) is 13.7. The summed E-state index contributed by atoms with van der Waals surface area (Å²) in [6.45, 7) is 0. The summed E-state index contributed by atoms with van der Waals surface area (Å²) in [7, 11) is 1.40. The molecule has 0 atom stereocenters. The van der Waals surface area contributed by atoms with Crippen molar-refractivity contribution in [1.82, 2.24) is 0 Å². The van der Waals surface area contributed by atoms with E-state index in [2.05, 4.69) is 22.6 Å². The average Bonchev–Trinajstić information content (AvgIpc) is 2.46. The van der Waals surface area contributed by atoms with Gasteiger partial charge in [-0.3, -0.25) is 0 Å². The molecule has 0 unspecified atom stereocenters. The highest BCUT2D eigenvalue weighted by Gasteiger charge is 2.12. The first kappa shape index (κ1) is 13.8. The van der Waals surface area contributed by atoms with Crippen LogP contribution >= 0.6 is 22.6 Å². The summed E-state index contributed by atoms with van der Waals surface area (Å²) in [6.07, 6.45) is 1.86. The first-order valence-corrected chi connectivity index (χ1v) is 6.90. The molecule has 2 nitrogen and oxygen atoms in total. The van der Waals surface area contributed by atoms with Crippen LogP contribution in [0.4, 0.5) is 0 Å². The van der Waals surface area contributed by atoms with Crippen molar-refractivity contribution in [3.8, 4) is 0 Å². The van der Waals surface area contributed by atoms with Crippen LogP contribution in [0.2, 0.25) is 0 Å². The molecular weight excluding hydrogens is 351 g/mol. The predicted octanol–water partition coefficient (Wildman–Crippen LogP) is 4.00. The van der Waals surface area contributed by atoms with E-state index in [0.29, 0.717) is 5.57 Å². The van der Waals surface area contributed by atoms with Crippen LogP contribution in [0.25, 0.3) is 11.6 Å². The summed E-state index contributed by atoms with van der Waals surface area (Å²) in [6, 6.07) is 17.4. The van der Waals surface area contributed by atoms with Gasteiger partial charge in [0.15, 0.2) is 0 Å². The molecule has 0 fully saturated rings. The van der Waals surface area contributed by atoms with Crippen molar-refractivity contribution < 1.29 is 9.53 Å². The molecule has 0 bridgehead atoms. The Morgan fingerprint density at radius 1 is 1.05 bits per heavy atom. The van der Waals surface area contributed by atoms with Gasteiger partial charge in [0.05, 0.1) is 12.7 Å². The van der Waals surface area contributed by atoms with Crippen LogP contribution in [-0.4, -0.2) is 13.1 Å². The van der Waals surface area contributed by atoms with Gasteiger partial charge in [-0.25, -0.2) is 4.79 Å². The smallest absolute Gasteiger partial charge is 0.338 e. The summed E-state index contributed by atoms with van der Waals surface area (Å²) in [5, 5.41) is 0. The van der Waals surface area contributed by atoms with Crippen LogP contribution < -0.4 is 0 Å². The molecule has 3 heteroatoms. The minimum atomic E-state index is -0.328. The molecule has 0 aliphatic rings. The maximum Gasteiger partial charge on any atom is 0.338 e. The van der Waals surface area contributed by atoms with E-state index in [-0.39, 0.29) is 5.97 Å². The van der Waals surface area contributed by atoms with Crippen LogP contribution in [0.3, 0.4) is 0 Å². The van der Waals surface area contributed by atoms with E-state index in [9.17, 15) is 4.79 Å². The first-order valence-electron chi connectivity index (χ1n) is 5.82. The highest BCUT2D eigenvalue weighted by atomic mass is 127. The van der Waals surface area contributed by atoms with Crippen molar-refractivity contribution in [2.45, 2.75) is 0 Å². The number of hydrogen-bond donors (Lipinski definition) is 0. The second-order valence-corrected chi connectivity index (χ2v) is 5.10. The highest BCUT2D eigenvalue weighted by molar-refractivity contribution is 14.1. The van der Waals surface area contributed by atoms with Gasteiger partial charge in [0.2, 0.25) is 0 Å². The number of hydrogen-bond acceptors (Lipinski definition) is 2. The Bertz CT molecular complexity index is 603. The molecule has 0 radical (unpaired) electrons. The van der Waals surface area contributed by atoms with Crippen molar-refractivity contribution in [3.63, 3.8) is 0 Å². The second kappa shape index (κ2) is 6.52. The van der Waals surface area contributed by atoms with Gasteiger partial charge in [-0.05, 0) is 45.9 Å². The molecule has 0 aromatic heterocycles. The van der Waals surface area contributed by atoms with Crippen molar-refractivity contribution in [2.24, 2.45) is 0 Å². The zero-order valence-electron chi connectivity index (χ0n) is 10.5. The second-order valence-electron chi connectivity index (χ2n) is 3.94. The lowest BCUT2D eigenvalue weighted by molar-refractivity contribution is -0.133. The molecule has 0 aliphatic carbocycles. The molecule has 0 N–H and O–H groups in total. The van der Waals surface area contributed by atoms with Crippen molar-refractivity contribution in [3.05, 3.63) is 69.3 Å². The lowest BCUT2D eigenvalue weighted by atomic mass is 10.0. The number of rotatable bonds is 3. The molecule has 96 valence electrons. The predicted molar refractivity (Wildman–Crippen MR) is 85.5 cm³/mol. The Kier molecular flexibility index (Phi) is 4.74. The number of benzene rings is 2. The number of carbonyl (C=O) groups is 1. The van der Waals surface area contributed by atoms with Gasteiger partial charge in [-0.1, -0.05) is 48.5 Å². The molecule has 0 saturated carbocycles. The molecular formula is C16H13IO2. The van der Waals surface area contributed by atoms with E-state index in [4.69, 9.17) is 4.74 Å². The topological polar surface area (TPSA) is 26.3 Å². The third-order valence-electron chi connectivity index (χ3n) is 2.70. The van der Waals surface area contributed by atoms with Crippen LogP contribution in [-0.2, 0) is 9.53 Å². The number of methoxy groups -OCH3 is 1. The molecule has 0 spiro atoms. The lowest BCUT2D eigenvalue weighted by Crippen LogP contribution is -2.04. The number of carbonyl (C=O) groups excluding carboxylic acids is 1. The van der Waals surface area contributed by atoms with E-state index < -0.39 is 0 Å². The van der Waals surface area contributed by atoms with Crippen LogP contribution in [0.1, 0.15) is 11.1 Å². The third kappa shape index (κ3) is 3.44. The largest absolute Gasteiger partial charge is 0.465 e. The third-order valence-corrected chi connectivity index (χ3v) is 3.68. The maximum atomic E-state index is 11.9. The molecule has 0 heterocycles. The monoisotopic (exact) mass is 364 g/mol. The molecule has 0 aliphatic heterocycles. The fourth-order valence-corrected chi connectivity index (χ4v) is 2.28. The Hall–Kier alpha value is -1.62. The maximum absolute atomic E-state index is 11.9. The van der Waals surface area contributed by atoms with Crippen molar-refractivity contribution in [2.75, 3.05) is 7.11 Å². The van der Waals surface area contributed by atoms with E-state index in [1.807, 2.05) is 60.7 Å². The minimum absolute atomic E-state index is 0.328. The SMILES string of the molecule is COC(=O)/C(=C\c1ccccc1I)c1ccccc1. The summed E-state index contributed by atoms with van der Waals surface area (Å²) in [5.41, 5.74) is 2.42. The van der Waals surface area contributed by atoms with Gasteiger partial charge in [0.25, 0.3) is 0 Å².